The second-order valence-electron chi connectivity index (χ2n) is 15.2. The maximum absolute atomic E-state index is 6.95. The Bertz CT molecular complexity index is 3010. The van der Waals surface area contributed by atoms with Crippen molar-refractivity contribution in [2.45, 2.75) is 39.5 Å². The number of fused-ring (bicyclic) bond motifs is 7. The number of hydrogen-bond acceptors (Lipinski definition) is 2. The zero-order valence-electron chi connectivity index (χ0n) is 31.0. The Labute approximate surface area is 315 Å². The van der Waals surface area contributed by atoms with Crippen LogP contribution in [0.5, 0.6) is 0 Å². The number of aromatic nitrogens is 2. The van der Waals surface area contributed by atoms with Crippen LogP contribution in [-0.4, -0.2) is 9.55 Å². The van der Waals surface area contributed by atoms with Gasteiger partial charge in [0.05, 0.1) is 22.3 Å². The van der Waals surface area contributed by atoms with Crippen LogP contribution in [0.15, 0.2) is 162 Å². The van der Waals surface area contributed by atoms with E-state index in [0.29, 0.717) is 0 Å². The summed E-state index contributed by atoms with van der Waals surface area (Å²) in [6, 6.07) is 56.9. The zero-order chi connectivity index (χ0) is 36.5. The van der Waals surface area contributed by atoms with E-state index in [1.165, 1.54) is 60.6 Å². The lowest BCUT2D eigenvalue weighted by Crippen LogP contribution is -2.09. The van der Waals surface area contributed by atoms with E-state index in [-0.39, 0.29) is 11.8 Å². The zero-order valence-corrected chi connectivity index (χ0v) is 31.0. The fourth-order valence-corrected chi connectivity index (χ4v) is 8.39. The molecule has 3 heteroatoms. The number of hydrogen-bond donors (Lipinski definition) is 0. The Hall–Kier alpha value is -6.45. The van der Waals surface area contributed by atoms with Crippen molar-refractivity contribution < 1.29 is 4.42 Å². The molecule has 0 spiro atoms. The van der Waals surface area contributed by atoms with Crippen molar-refractivity contribution >= 4 is 54.5 Å². The van der Waals surface area contributed by atoms with Gasteiger partial charge in [0, 0.05) is 10.8 Å². The summed E-state index contributed by atoms with van der Waals surface area (Å²) in [5.74, 6) is 1.45. The van der Waals surface area contributed by atoms with E-state index < -0.39 is 0 Å². The monoisotopic (exact) mass is 696 g/mol. The Balaban J connectivity index is 1.21. The van der Waals surface area contributed by atoms with Crippen LogP contribution in [0.4, 0.5) is 0 Å². The van der Waals surface area contributed by atoms with Crippen molar-refractivity contribution in [2.75, 3.05) is 0 Å². The molecule has 260 valence electrons. The van der Waals surface area contributed by atoms with E-state index in [4.69, 9.17) is 9.40 Å². The summed E-state index contributed by atoms with van der Waals surface area (Å²) in [6.45, 7) is 9.20. The molecule has 0 saturated carbocycles. The largest absolute Gasteiger partial charge is 0.455 e. The van der Waals surface area contributed by atoms with Crippen LogP contribution in [0.3, 0.4) is 0 Å². The summed E-state index contributed by atoms with van der Waals surface area (Å²) in [6.07, 6.45) is 0. The van der Waals surface area contributed by atoms with Gasteiger partial charge in [0.1, 0.15) is 17.0 Å². The van der Waals surface area contributed by atoms with Gasteiger partial charge in [0.15, 0.2) is 0 Å². The molecule has 3 nitrogen and oxygen atoms in total. The molecular formula is C51H40N2O. The van der Waals surface area contributed by atoms with Gasteiger partial charge in [-0.2, -0.15) is 0 Å². The second-order valence-corrected chi connectivity index (χ2v) is 15.2. The van der Waals surface area contributed by atoms with Crippen LogP contribution in [0.2, 0.25) is 0 Å². The number of furan rings is 1. The van der Waals surface area contributed by atoms with Crippen LogP contribution < -0.4 is 0 Å². The van der Waals surface area contributed by atoms with Crippen molar-refractivity contribution in [3.63, 3.8) is 0 Å². The average Bonchev–Trinajstić information content (AvgIpc) is 3.78. The maximum Gasteiger partial charge on any atom is 0.149 e. The van der Waals surface area contributed by atoms with E-state index in [0.717, 1.165) is 44.4 Å². The molecule has 10 aromatic rings. The van der Waals surface area contributed by atoms with E-state index in [1.54, 1.807) is 0 Å². The molecule has 10 rings (SSSR count). The van der Waals surface area contributed by atoms with Crippen molar-refractivity contribution in [2.24, 2.45) is 0 Å². The van der Waals surface area contributed by atoms with Gasteiger partial charge in [-0.25, -0.2) is 4.98 Å². The Morgan fingerprint density at radius 1 is 0.481 bits per heavy atom. The first kappa shape index (κ1) is 32.2. The molecule has 0 aliphatic heterocycles. The van der Waals surface area contributed by atoms with Gasteiger partial charge >= 0.3 is 0 Å². The second kappa shape index (κ2) is 12.6. The molecule has 0 radical (unpaired) electrons. The van der Waals surface area contributed by atoms with Crippen LogP contribution in [0.1, 0.15) is 50.7 Å². The molecule has 0 bridgehead atoms. The number of benzene rings is 8. The third kappa shape index (κ3) is 5.15. The van der Waals surface area contributed by atoms with Gasteiger partial charge < -0.3 is 4.42 Å². The van der Waals surface area contributed by atoms with Gasteiger partial charge in [-0.1, -0.05) is 137 Å². The molecule has 54 heavy (non-hydrogen) atoms. The third-order valence-electron chi connectivity index (χ3n) is 11.1. The average molecular weight is 697 g/mol. The molecule has 0 aliphatic carbocycles. The topological polar surface area (TPSA) is 31.0 Å². The summed E-state index contributed by atoms with van der Waals surface area (Å²) >= 11 is 0. The predicted molar refractivity (Wildman–Crippen MR) is 228 cm³/mol. The van der Waals surface area contributed by atoms with Crippen LogP contribution in [0.25, 0.3) is 93.8 Å². The molecule has 0 unspecified atom stereocenters. The smallest absolute Gasteiger partial charge is 0.149 e. The fourth-order valence-electron chi connectivity index (χ4n) is 8.39. The molecule has 2 heterocycles. The van der Waals surface area contributed by atoms with Gasteiger partial charge in [-0.05, 0) is 115 Å². The Morgan fingerprint density at radius 2 is 1.13 bits per heavy atom. The van der Waals surface area contributed by atoms with Crippen LogP contribution in [0, 0.1) is 0 Å². The molecule has 0 fully saturated rings. The first-order valence-electron chi connectivity index (χ1n) is 19.0. The minimum Gasteiger partial charge on any atom is -0.455 e. The summed E-state index contributed by atoms with van der Waals surface area (Å²) in [7, 11) is 0. The standard InChI is InChI=1S/C51H40N2O/c1-31(2)42-28-38(34-16-9-6-10-17-34)29-43(32(3)4)49(42)53-47-21-12-11-20-46(47)52-51(53)41-19-13-18-40-45-27-37-23-22-36-26-35(33-14-7-5-8-15-33)24-25-39(36)44(37)30-48(45)54-50(40)41/h5-32H,1-4H3. The van der Waals surface area contributed by atoms with Gasteiger partial charge in [0.2, 0.25) is 0 Å². The third-order valence-corrected chi connectivity index (χ3v) is 11.1. The Kier molecular flexibility index (Phi) is 7.52. The van der Waals surface area contributed by atoms with Gasteiger partial charge in [-0.3, -0.25) is 4.57 Å². The van der Waals surface area contributed by atoms with Crippen molar-refractivity contribution in [3.05, 3.63) is 169 Å². The lowest BCUT2D eigenvalue weighted by atomic mass is 9.88. The quantitative estimate of drug-likeness (QED) is 0.162. The minimum atomic E-state index is 0.281. The molecule has 0 amide bonds. The lowest BCUT2D eigenvalue weighted by Gasteiger charge is -2.24. The number of nitrogens with zero attached hydrogens (tertiary/aromatic N) is 2. The fraction of sp³-hybridized carbons (Fsp3) is 0.118. The summed E-state index contributed by atoms with van der Waals surface area (Å²) in [5.41, 5.74) is 13.5. The summed E-state index contributed by atoms with van der Waals surface area (Å²) in [4.78, 5) is 5.39. The molecule has 0 saturated heterocycles. The first-order valence-corrected chi connectivity index (χ1v) is 19.0. The number of imidazole rings is 1. The molecule has 0 atom stereocenters. The van der Waals surface area contributed by atoms with Crippen LogP contribution in [-0.2, 0) is 0 Å². The summed E-state index contributed by atoms with van der Waals surface area (Å²) < 4.78 is 9.36. The number of rotatable bonds is 6. The van der Waals surface area contributed by atoms with Crippen molar-refractivity contribution in [3.8, 4) is 39.3 Å². The first-order chi connectivity index (χ1) is 26.4. The van der Waals surface area contributed by atoms with E-state index in [2.05, 4.69) is 190 Å². The SMILES string of the molecule is CC(C)c1cc(-c2ccccc2)cc(C(C)C)c1-n1c(-c2cccc3c2oc2cc4c(ccc5cc(-c6ccccc6)ccc54)cc23)nc2ccccc21. The highest BCUT2D eigenvalue weighted by Gasteiger charge is 2.25. The highest BCUT2D eigenvalue weighted by atomic mass is 16.3. The van der Waals surface area contributed by atoms with Crippen molar-refractivity contribution in [1.82, 2.24) is 9.55 Å². The summed E-state index contributed by atoms with van der Waals surface area (Å²) in [5, 5.41) is 7.03. The molecular weight excluding hydrogens is 657 g/mol. The molecule has 2 aromatic heterocycles. The van der Waals surface area contributed by atoms with E-state index >= 15 is 0 Å². The molecule has 0 aliphatic rings. The van der Waals surface area contributed by atoms with E-state index in [1.807, 2.05) is 0 Å². The van der Waals surface area contributed by atoms with E-state index in [9.17, 15) is 0 Å². The van der Waals surface area contributed by atoms with Gasteiger partial charge in [-0.15, -0.1) is 0 Å². The van der Waals surface area contributed by atoms with Gasteiger partial charge in [0.25, 0.3) is 0 Å². The van der Waals surface area contributed by atoms with Crippen molar-refractivity contribution in [1.29, 1.82) is 0 Å². The molecule has 8 aromatic carbocycles. The lowest BCUT2D eigenvalue weighted by molar-refractivity contribution is 0.670. The minimum absolute atomic E-state index is 0.281. The highest BCUT2D eigenvalue weighted by Crippen LogP contribution is 2.43. The predicted octanol–water partition coefficient (Wildman–Crippen LogP) is 14.5. The number of para-hydroxylation sites is 3. The maximum atomic E-state index is 6.95. The normalized spacial score (nSPS) is 12.0. The van der Waals surface area contributed by atoms with Crippen LogP contribution >= 0.6 is 0 Å². The Morgan fingerprint density at radius 3 is 1.83 bits per heavy atom. The molecule has 0 N–H and O–H groups in total. The highest BCUT2D eigenvalue weighted by molar-refractivity contribution is 6.17.